The molecule has 0 bridgehead atoms. The minimum absolute atomic E-state index is 0.0870. The van der Waals surface area contributed by atoms with Crippen LogP contribution in [0.3, 0.4) is 0 Å². The van der Waals surface area contributed by atoms with Crippen LogP contribution in [0.15, 0.2) is 61.6 Å². The zero-order chi connectivity index (χ0) is 38.7. The van der Waals surface area contributed by atoms with Crippen molar-refractivity contribution in [1.29, 1.82) is 0 Å². The summed E-state index contributed by atoms with van der Waals surface area (Å²) in [4.78, 5) is 46.5. The lowest BCUT2D eigenvalue weighted by Gasteiger charge is -2.36. The lowest BCUT2D eigenvalue weighted by molar-refractivity contribution is -0.111. The second kappa shape index (κ2) is 15.7. The van der Waals surface area contributed by atoms with E-state index in [-0.39, 0.29) is 30.8 Å². The van der Waals surface area contributed by atoms with Gasteiger partial charge < -0.3 is 30.1 Å². The third-order valence-electron chi connectivity index (χ3n) is 8.46. The summed E-state index contributed by atoms with van der Waals surface area (Å²) < 4.78 is 14.7. The zero-order valence-electron chi connectivity index (χ0n) is 31.8. The largest absolute Gasteiger partial charge is 0.444 e. The summed E-state index contributed by atoms with van der Waals surface area (Å²) in [6, 6.07) is 9.28. The molecule has 53 heavy (non-hydrogen) atoms. The van der Waals surface area contributed by atoms with Gasteiger partial charge >= 0.3 is 12.2 Å². The van der Waals surface area contributed by atoms with Crippen LogP contribution in [0.1, 0.15) is 78.9 Å². The number of rotatable bonds is 10. The SMILES string of the molecule is C=CC(=O)Nc1cnn(-c2cccc(CN(C(=O)OC(C)(C)C)c3cc(NC[C@H]4CCN(C(=O)OC(C)(C)C)C[C@@H]4O)nc4c(C(C)C)cnn34)c2)c1. The average Bonchev–Trinajstić information content (AvgIpc) is 3.72. The predicted molar refractivity (Wildman–Crippen MR) is 202 cm³/mol. The molecule has 0 spiro atoms. The highest BCUT2D eigenvalue weighted by atomic mass is 16.6. The number of nitrogens with zero attached hydrogens (tertiary/aromatic N) is 7. The molecule has 3 N–H and O–H groups in total. The molecule has 4 aromatic rings. The van der Waals surface area contributed by atoms with Gasteiger partial charge in [-0.15, -0.1) is 0 Å². The fourth-order valence-corrected chi connectivity index (χ4v) is 5.86. The molecule has 3 amide bonds. The lowest BCUT2D eigenvalue weighted by atomic mass is 9.94. The van der Waals surface area contributed by atoms with Crippen molar-refractivity contribution in [2.45, 2.75) is 91.6 Å². The second-order valence-corrected chi connectivity index (χ2v) is 15.5. The van der Waals surface area contributed by atoms with Crippen molar-refractivity contribution in [1.82, 2.24) is 29.3 Å². The van der Waals surface area contributed by atoms with E-state index in [9.17, 15) is 19.5 Å². The van der Waals surface area contributed by atoms with Gasteiger partial charge in [0.1, 0.15) is 22.8 Å². The minimum Gasteiger partial charge on any atom is -0.444 e. The highest BCUT2D eigenvalue weighted by Gasteiger charge is 2.33. The number of piperidine rings is 1. The Kier molecular flexibility index (Phi) is 11.5. The first kappa shape index (κ1) is 38.8. The van der Waals surface area contributed by atoms with E-state index in [2.05, 4.69) is 27.4 Å². The topological polar surface area (TPSA) is 168 Å². The van der Waals surface area contributed by atoms with Gasteiger partial charge in [0, 0.05) is 30.6 Å². The van der Waals surface area contributed by atoms with E-state index in [0.717, 1.165) is 11.1 Å². The molecule has 3 aromatic heterocycles. The summed E-state index contributed by atoms with van der Waals surface area (Å²) in [6.07, 6.45) is 4.92. The first-order valence-electron chi connectivity index (χ1n) is 17.8. The second-order valence-electron chi connectivity index (χ2n) is 15.5. The molecule has 15 heteroatoms. The van der Waals surface area contributed by atoms with Gasteiger partial charge in [-0.2, -0.15) is 14.7 Å². The van der Waals surface area contributed by atoms with Crippen LogP contribution in [0, 0.1) is 5.92 Å². The summed E-state index contributed by atoms with van der Waals surface area (Å²) in [5.41, 5.74) is 2.05. The summed E-state index contributed by atoms with van der Waals surface area (Å²) in [6.45, 7) is 19.6. The fraction of sp³-hybridized carbons (Fsp3) is 0.474. The Morgan fingerprint density at radius 1 is 1.08 bits per heavy atom. The number of ether oxygens (including phenoxy) is 2. The quantitative estimate of drug-likeness (QED) is 0.161. The standard InChI is InChI=1S/C38H51N9O6/c1-10-32(49)42-27-19-40-46(22-27)28-13-11-12-25(16-28)21-45(36(51)53-38(7,8)9)33-17-31(43-34-29(24(2)3)20-41-47(33)34)39-18-26-14-15-44(23-30(26)48)35(50)52-37(4,5)6/h10-13,16-17,19-20,22,24,26,30,48H,1,14-15,18,21,23H2,2-9H3,(H,39,43)(H,42,49)/t26-,30+/m1/s1. The van der Waals surface area contributed by atoms with Gasteiger partial charge in [0.2, 0.25) is 5.91 Å². The van der Waals surface area contributed by atoms with E-state index < -0.39 is 29.5 Å². The average molecular weight is 730 g/mol. The molecule has 0 saturated carbocycles. The van der Waals surface area contributed by atoms with Crippen molar-refractivity contribution in [2.24, 2.45) is 5.92 Å². The van der Waals surface area contributed by atoms with Crippen LogP contribution < -0.4 is 15.5 Å². The Labute approximate surface area is 310 Å². The smallest absolute Gasteiger partial charge is 0.416 e. The van der Waals surface area contributed by atoms with Crippen molar-refractivity contribution in [3.63, 3.8) is 0 Å². The van der Waals surface area contributed by atoms with E-state index >= 15 is 0 Å². The van der Waals surface area contributed by atoms with Crippen molar-refractivity contribution in [3.8, 4) is 5.69 Å². The van der Waals surface area contributed by atoms with Gasteiger partial charge in [0.25, 0.3) is 0 Å². The number of benzene rings is 1. The van der Waals surface area contributed by atoms with Crippen LogP contribution in [0.5, 0.6) is 0 Å². The van der Waals surface area contributed by atoms with Crippen molar-refractivity contribution in [3.05, 3.63) is 72.7 Å². The molecule has 15 nitrogen and oxygen atoms in total. The number of nitrogens with one attached hydrogen (secondary N) is 2. The summed E-state index contributed by atoms with van der Waals surface area (Å²) >= 11 is 0. The van der Waals surface area contributed by atoms with Gasteiger partial charge in [-0.3, -0.25) is 9.69 Å². The number of aliphatic hydroxyl groups is 1. The number of carbonyl (C=O) groups is 3. The molecule has 1 aromatic carbocycles. The number of hydrogen-bond donors (Lipinski definition) is 3. The van der Waals surface area contributed by atoms with Gasteiger partial charge in [-0.1, -0.05) is 32.6 Å². The Balaban J connectivity index is 1.45. The van der Waals surface area contributed by atoms with E-state index in [1.54, 1.807) is 27.7 Å². The number of aromatic nitrogens is 5. The molecule has 1 fully saturated rings. The number of anilines is 3. The molecular formula is C38H51N9O6. The van der Waals surface area contributed by atoms with Crippen LogP contribution in [0.25, 0.3) is 11.3 Å². The van der Waals surface area contributed by atoms with E-state index in [4.69, 9.17) is 14.5 Å². The maximum absolute atomic E-state index is 14.0. The Morgan fingerprint density at radius 3 is 2.47 bits per heavy atom. The summed E-state index contributed by atoms with van der Waals surface area (Å²) in [5.74, 6) is 0.497. The molecule has 5 rings (SSSR count). The van der Waals surface area contributed by atoms with Gasteiger partial charge in [-0.25, -0.2) is 19.3 Å². The predicted octanol–water partition coefficient (Wildman–Crippen LogP) is 6.13. The number of carbonyl (C=O) groups excluding carboxylic acids is 3. The molecule has 0 radical (unpaired) electrons. The molecule has 0 unspecified atom stereocenters. The first-order chi connectivity index (χ1) is 24.9. The number of amides is 3. The van der Waals surface area contributed by atoms with Crippen LogP contribution in [0.4, 0.5) is 26.9 Å². The molecule has 4 heterocycles. The first-order valence-corrected chi connectivity index (χ1v) is 17.8. The molecule has 2 atom stereocenters. The Hall–Kier alpha value is -5.44. The molecule has 1 aliphatic heterocycles. The van der Waals surface area contributed by atoms with E-state index in [1.807, 2.05) is 79.7 Å². The fourth-order valence-electron chi connectivity index (χ4n) is 5.86. The highest BCUT2D eigenvalue weighted by Crippen LogP contribution is 2.30. The van der Waals surface area contributed by atoms with Gasteiger partial charge in [0.15, 0.2) is 5.65 Å². The van der Waals surface area contributed by atoms with E-state index in [1.165, 1.54) is 22.1 Å². The Bertz CT molecular complexity index is 1950. The number of aliphatic hydroxyl groups excluding tert-OH is 1. The normalized spacial score (nSPS) is 16.4. The highest BCUT2D eigenvalue weighted by molar-refractivity contribution is 5.98. The molecular weight excluding hydrogens is 678 g/mol. The third kappa shape index (κ3) is 9.92. The van der Waals surface area contributed by atoms with Crippen LogP contribution in [-0.4, -0.2) is 89.4 Å². The molecule has 1 aliphatic rings. The van der Waals surface area contributed by atoms with Crippen LogP contribution in [-0.2, 0) is 20.8 Å². The van der Waals surface area contributed by atoms with Gasteiger partial charge in [-0.05, 0) is 77.7 Å². The monoisotopic (exact) mass is 729 g/mol. The third-order valence-corrected chi connectivity index (χ3v) is 8.46. The van der Waals surface area contributed by atoms with Crippen molar-refractivity contribution < 1.29 is 29.0 Å². The summed E-state index contributed by atoms with van der Waals surface area (Å²) in [7, 11) is 0. The molecule has 0 aliphatic carbocycles. The van der Waals surface area contributed by atoms with Crippen LogP contribution >= 0.6 is 0 Å². The lowest BCUT2D eigenvalue weighted by Crippen LogP contribution is -2.49. The zero-order valence-corrected chi connectivity index (χ0v) is 31.8. The van der Waals surface area contributed by atoms with Crippen molar-refractivity contribution in [2.75, 3.05) is 35.2 Å². The minimum atomic E-state index is -0.788. The molecule has 284 valence electrons. The maximum Gasteiger partial charge on any atom is 0.416 e. The number of likely N-dealkylation sites (tertiary alicyclic amines) is 1. The number of β-amino-alcohol motifs (C(OH)–C–C–N with tert-alkyl or cyclic N) is 1. The van der Waals surface area contributed by atoms with E-state index in [0.29, 0.717) is 48.2 Å². The summed E-state index contributed by atoms with van der Waals surface area (Å²) in [5, 5.41) is 26.2. The number of hydrogen-bond acceptors (Lipinski definition) is 10. The Morgan fingerprint density at radius 2 is 1.81 bits per heavy atom. The van der Waals surface area contributed by atoms with Crippen LogP contribution in [0.2, 0.25) is 0 Å². The number of fused-ring (bicyclic) bond motifs is 1. The maximum atomic E-state index is 14.0. The van der Waals surface area contributed by atoms with Gasteiger partial charge in [0.05, 0.1) is 49.2 Å². The van der Waals surface area contributed by atoms with Crippen molar-refractivity contribution >= 4 is 41.1 Å². The molecule has 1 saturated heterocycles.